The first-order valence-electron chi connectivity index (χ1n) is 6.87. The zero-order valence-electron chi connectivity index (χ0n) is 11.9. The van der Waals surface area contributed by atoms with Crippen LogP contribution in [0.5, 0.6) is 0 Å². The van der Waals surface area contributed by atoms with Crippen molar-refractivity contribution < 1.29 is 0 Å². The van der Waals surface area contributed by atoms with Crippen LogP contribution in [0.1, 0.15) is 5.56 Å². The summed E-state index contributed by atoms with van der Waals surface area (Å²) in [5.74, 6) is 0. The molecule has 0 amide bonds. The molecule has 0 atom stereocenters. The highest BCUT2D eigenvalue weighted by molar-refractivity contribution is 14.1. The van der Waals surface area contributed by atoms with Gasteiger partial charge in [0.2, 0.25) is 0 Å². The summed E-state index contributed by atoms with van der Waals surface area (Å²) < 4.78 is 3.93. The average molecular weight is 622 g/mol. The van der Waals surface area contributed by atoms with Crippen LogP contribution in [0.2, 0.25) is 0 Å². The Bertz CT molecular complexity index is 797. The Kier molecular flexibility index (Phi) is 5.44. The zero-order valence-corrected chi connectivity index (χ0v) is 18.4. The highest BCUT2D eigenvalue weighted by Gasteiger charge is 2.06. The van der Waals surface area contributed by atoms with Crippen molar-refractivity contribution >= 4 is 67.8 Å². The molecule has 0 aromatic heterocycles. The monoisotopic (exact) mass is 622 g/mol. The van der Waals surface area contributed by atoms with Crippen LogP contribution in [-0.4, -0.2) is 0 Å². The van der Waals surface area contributed by atoms with Crippen LogP contribution >= 0.6 is 67.8 Å². The molecule has 22 heavy (non-hydrogen) atoms. The van der Waals surface area contributed by atoms with E-state index in [-0.39, 0.29) is 0 Å². The van der Waals surface area contributed by atoms with Crippen molar-refractivity contribution in [1.82, 2.24) is 0 Å². The van der Waals surface area contributed by atoms with Gasteiger partial charge in [0.05, 0.1) is 0 Å². The molecule has 0 heterocycles. The predicted molar refractivity (Wildman–Crippen MR) is 120 cm³/mol. The normalized spacial score (nSPS) is 10.7. The van der Waals surface area contributed by atoms with Gasteiger partial charge < -0.3 is 0 Å². The third-order valence-corrected chi connectivity index (χ3v) is 6.87. The second kappa shape index (κ2) is 7.17. The highest BCUT2D eigenvalue weighted by Crippen LogP contribution is 2.30. The van der Waals surface area contributed by atoms with Gasteiger partial charge in [-0.05, 0) is 121 Å². The van der Waals surface area contributed by atoms with E-state index < -0.39 is 0 Å². The summed E-state index contributed by atoms with van der Waals surface area (Å²) in [6.45, 7) is 2.17. The van der Waals surface area contributed by atoms with E-state index in [0.717, 1.165) is 0 Å². The molecule has 0 radical (unpaired) electrons. The molecule has 0 bridgehead atoms. The van der Waals surface area contributed by atoms with Gasteiger partial charge in [0.15, 0.2) is 0 Å². The van der Waals surface area contributed by atoms with Crippen molar-refractivity contribution in [3.63, 3.8) is 0 Å². The molecule has 0 saturated carbocycles. The topological polar surface area (TPSA) is 0 Å². The first-order valence-corrected chi connectivity index (χ1v) is 10.1. The minimum Gasteiger partial charge on any atom is -0.0616 e. The molecule has 0 aliphatic heterocycles. The van der Waals surface area contributed by atoms with Gasteiger partial charge in [-0.1, -0.05) is 42.5 Å². The lowest BCUT2D eigenvalue weighted by Gasteiger charge is -2.09. The lowest BCUT2D eigenvalue weighted by Crippen LogP contribution is -1.89. The van der Waals surface area contributed by atoms with Crippen molar-refractivity contribution in [2.75, 3.05) is 0 Å². The molecule has 110 valence electrons. The molecule has 0 nitrogen and oxygen atoms in total. The van der Waals surface area contributed by atoms with Gasteiger partial charge in [-0.15, -0.1) is 0 Å². The third kappa shape index (κ3) is 3.51. The Morgan fingerprint density at radius 3 is 1.73 bits per heavy atom. The van der Waals surface area contributed by atoms with Crippen LogP contribution in [-0.2, 0) is 0 Å². The molecule has 3 aromatic rings. The van der Waals surface area contributed by atoms with Crippen LogP contribution < -0.4 is 0 Å². The third-order valence-electron chi connectivity index (χ3n) is 3.68. The Morgan fingerprint density at radius 2 is 1.14 bits per heavy atom. The Hall–Kier alpha value is -0.150. The largest absolute Gasteiger partial charge is 0.0616 e. The van der Waals surface area contributed by atoms with Crippen LogP contribution in [0.3, 0.4) is 0 Å². The summed E-state index contributed by atoms with van der Waals surface area (Å²) >= 11 is 7.23. The molecule has 0 fully saturated rings. The second-order valence-electron chi connectivity index (χ2n) is 5.12. The molecule has 0 unspecified atom stereocenters. The Balaban J connectivity index is 2.00. The maximum Gasteiger partial charge on any atom is 0.0208 e. The number of hydrogen-bond acceptors (Lipinski definition) is 0. The smallest absolute Gasteiger partial charge is 0.0208 e. The van der Waals surface area contributed by atoms with Crippen molar-refractivity contribution in [1.29, 1.82) is 0 Å². The van der Waals surface area contributed by atoms with Gasteiger partial charge in [-0.2, -0.15) is 0 Å². The quantitative estimate of drug-likeness (QED) is 0.267. The van der Waals surface area contributed by atoms with Crippen LogP contribution in [0.15, 0.2) is 60.7 Å². The first-order chi connectivity index (χ1) is 10.6. The van der Waals surface area contributed by atoms with E-state index in [1.165, 1.54) is 38.5 Å². The van der Waals surface area contributed by atoms with Gasteiger partial charge in [0, 0.05) is 10.7 Å². The van der Waals surface area contributed by atoms with Crippen molar-refractivity contribution in [3.8, 4) is 22.3 Å². The zero-order chi connectivity index (χ0) is 15.7. The summed E-state index contributed by atoms with van der Waals surface area (Å²) in [7, 11) is 0. The fourth-order valence-corrected chi connectivity index (χ4v) is 4.82. The van der Waals surface area contributed by atoms with E-state index in [4.69, 9.17) is 0 Å². The molecule has 3 heteroatoms. The fraction of sp³-hybridized carbons (Fsp3) is 0.0526. The lowest BCUT2D eigenvalue weighted by atomic mass is 10.00. The summed E-state index contributed by atoms with van der Waals surface area (Å²) in [6.07, 6.45) is 0. The molecular formula is C19H13I3. The first kappa shape index (κ1) is 16.7. The second-order valence-corrected chi connectivity index (χ2v) is 8.61. The maximum atomic E-state index is 2.42. The predicted octanol–water partition coefficient (Wildman–Crippen LogP) is 7.14. The average Bonchev–Trinajstić information content (AvgIpc) is 2.53. The van der Waals surface area contributed by atoms with Gasteiger partial charge in [0.1, 0.15) is 0 Å². The minimum absolute atomic E-state index is 1.27. The highest BCUT2D eigenvalue weighted by atomic mass is 127. The standard InChI is InChI=1S/C19H13I3/c1-12-18(21)10-15(11-19(12)22)13-6-8-14(9-7-13)16-4-2-3-5-17(16)20/h2-11H,1H3. The van der Waals surface area contributed by atoms with Crippen molar-refractivity contribution in [2.45, 2.75) is 6.92 Å². The number of benzene rings is 3. The molecule has 3 aromatic carbocycles. The van der Waals surface area contributed by atoms with Gasteiger partial charge in [-0.25, -0.2) is 0 Å². The van der Waals surface area contributed by atoms with E-state index in [2.05, 4.69) is 135 Å². The maximum absolute atomic E-state index is 2.42. The number of halogens is 3. The molecule has 0 aliphatic carbocycles. The summed E-state index contributed by atoms with van der Waals surface area (Å²) in [4.78, 5) is 0. The van der Waals surface area contributed by atoms with Crippen molar-refractivity contribution in [2.24, 2.45) is 0 Å². The molecule has 0 spiro atoms. The van der Waals surface area contributed by atoms with E-state index in [1.54, 1.807) is 0 Å². The lowest BCUT2D eigenvalue weighted by molar-refractivity contribution is 1.39. The van der Waals surface area contributed by atoms with E-state index in [1.807, 2.05) is 0 Å². The summed E-state index contributed by atoms with van der Waals surface area (Å²) in [6, 6.07) is 21.9. The van der Waals surface area contributed by atoms with Gasteiger partial charge in [-0.3, -0.25) is 0 Å². The summed E-state index contributed by atoms with van der Waals surface area (Å²) in [5, 5.41) is 0. The molecule has 3 rings (SSSR count). The van der Waals surface area contributed by atoms with Gasteiger partial charge in [0.25, 0.3) is 0 Å². The SMILES string of the molecule is Cc1c(I)cc(-c2ccc(-c3ccccc3I)cc2)cc1I. The molecular weight excluding hydrogens is 609 g/mol. The number of rotatable bonds is 2. The Morgan fingerprint density at radius 1 is 0.591 bits per heavy atom. The van der Waals surface area contributed by atoms with Crippen LogP contribution in [0.25, 0.3) is 22.3 Å². The van der Waals surface area contributed by atoms with E-state index in [0.29, 0.717) is 0 Å². The van der Waals surface area contributed by atoms with Crippen LogP contribution in [0, 0.1) is 17.6 Å². The molecule has 0 saturated heterocycles. The van der Waals surface area contributed by atoms with Gasteiger partial charge >= 0.3 is 0 Å². The van der Waals surface area contributed by atoms with E-state index in [9.17, 15) is 0 Å². The molecule has 0 N–H and O–H groups in total. The fourth-order valence-electron chi connectivity index (χ4n) is 2.35. The Labute approximate surface area is 172 Å². The van der Waals surface area contributed by atoms with Crippen LogP contribution in [0.4, 0.5) is 0 Å². The van der Waals surface area contributed by atoms with E-state index >= 15 is 0 Å². The number of hydrogen-bond donors (Lipinski definition) is 0. The van der Waals surface area contributed by atoms with Crippen molar-refractivity contribution in [3.05, 3.63) is 76.9 Å². The minimum atomic E-state index is 1.27. The summed E-state index contributed by atoms with van der Waals surface area (Å²) in [5.41, 5.74) is 6.48. The molecule has 0 aliphatic rings.